The molecular weight excluding hydrogens is 236 g/mol. The molecule has 3 heteroatoms. The highest BCUT2D eigenvalue weighted by molar-refractivity contribution is 5.96. The number of anilines is 1. The lowest BCUT2D eigenvalue weighted by Crippen LogP contribution is -2.44. The number of nitrogens with one attached hydrogen (secondary N) is 1. The minimum absolute atomic E-state index is 0.0902. The van der Waals surface area contributed by atoms with Gasteiger partial charge in [-0.05, 0) is 57.9 Å². The zero-order chi connectivity index (χ0) is 14.6. The van der Waals surface area contributed by atoms with E-state index in [2.05, 4.69) is 33.0 Å². The van der Waals surface area contributed by atoms with Gasteiger partial charge in [-0.1, -0.05) is 6.92 Å². The van der Waals surface area contributed by atoms with Crippen molar-refractivity contribution < 1.29 is 4.79 Å². The zero-order valence-electron chi connectivity index (χ0n) is 13.0. The molecule has 0 saturated carbocycles. The molecule has 1 aromatic carbocycles. The van der Waals surface area contributed by atoms with E-state index in [0.29, 0.717) is 0 Å². The van der Waals surface area contributed by atoms with E-state index in [9.17, 15) is 4.79 Å². The van der Waals surface area contributed by atoms with Crippen LogP contribution in [0.1, 0.15) is 50.0 Å². The van der Waals surface area contributed by atoms with E-state index in [1.165, 1.54) is 0 Å². The van der Waals surface area contributed by atoms with Gasteiger partial charge in [0.15, 0.2) is 0 Å². The number of amides is 1. The second-order valence-corrected chi connectivity index (χ2v) is 5.59. The molecule has 0 aliphatic heterocycles. The normalized spacial score (nSPS) is 11.3. The van der Waals surface area contributed by atoms with Gasteiger partial charge in [0.05, 0.1) is 0 Å². The number of rotatable bonds is 5. The molecule has 0 heterocycles. The maximum absolute atomic E-state index is 12.5. The molecule has 0 atom stereocenters. The molecule has 0 aliphatic rings. The summed E-state index contributed by atoms with van der Waals surface area (Å²) >= 11 is 0. The number of carbonyl (C=O) groups is 1. The Kier molecular flexibility index (Phi) is 4.98. The van der Waals surface area contributed by atoms with Crippen LogP contribution in [0.2, 0.25) is 0 Å². The Labute approximate surface area is 117 Å². The van der Waals surface area contributed by atoms with Crippen molar-refractivity contribution in [3.05, 3.63) is 29.3 Å². The maximum atomic E-state index is 12.5. The van der Waals surface area contributed by atoms with Gasteiger partial charge >= 0.3 is 0 Å². The monoisotopic (exact) mass is 262 g/mol. The summed E-state index contributed by atoms with van der Waals surface area (Å²) < 4.78 is 0. The van der Waals surface area contributed by atoms with Crippen LogP contribution in [0.25, 0.3) is 0 Å². The lowest BCUT2D eigenvalue weighted by atomic mass is 9.97. The number of hydrogen-bond acceptors (Lipinski definition) is 2. The van der Waals surface area contributed by atoms with E-state index in [1.54, 1.807) is 0 Å². The first kappa shape index (κ1) is 15.5. The Hall–Kier alpha value is -1.51. The third kappa shape index (κ3) is 3.49. The summed E-state index contributed by atoms with van der Waals surface area (Å²) in [7, 11) is 1.88. The maximum Gasteiger partial charge on any atom is 0.254 e. The lowest BCUT2D eigenvalue weighted by Gasteiger charge is -2.35. The minimum atomic E-state index is -0.121. The minimum Gasteiger partial charge on any atom is -0.385 e. The third-order valence-electron chi connectivity index (χ3n) is 3.92. The predicted octanol–water partition coefficient (Wildman–Crippen LogP) is 3.69. The van der Waals surface area contributed by atoms with Gasteiger partial charge in [-0.3, -0.25) is 4.79 Å². The van der Waals surface area contributed by atoms with Gasteiger partial charge in [-0.2, -0.15) is 0 Å². The molecule has 3 nitrogen and oxygen atoms in total. The molecule has 19 heavy (non-hydrogen) atoms. The van der Waals surface area contributed by atoms with E-state index in [1.807, 2.05) is 37.1 Å². The van der Waals surface area contributed by atoms with Crippen molar-refractivity contribution in [2.45, 2.75) is 46.6 Å². The summed E-state index contributed by atoms with van der Waals surface area (Å²) in [5.74, 6) is 0.0902. The summed E-state index contributed by atoms with van der Waals surface area (Å²) in [5, 5.41) is 3.26. The van der Waals surface area contributed by atoms with E-state index in [4.69, 9.17) is 0 Å². The van der Waals surface area contributed by atoms with Crippen LogP contribution in [-0.2, 0) is 0 Å². The predicted molar refractivity (Wildman–Crippen MR) is 81.8 cm³/mol. The smallest absolute Gasteiger partial charge is 0.254 e. The quantitative estimate of drug-likeness (QED) is 0.877. The van der Waals surface area contributed by atoms with Gasteiger partial charge in [0.25, 0.3) is 5.91 Å². The molecule has 1 N–H and O–H groups in total. The molecule has 1 rings (SSSR count). The first-order valence-corrected chi connectivity index (χ1v) is 6.96. The molecule has 1 aromatic rings. The van der Waals surface area contributed by atoms with Crippen LogP contribution in [0.4, 0.5) is 5.69 Å². The molecule has 0 unspecified atom stereocenters. The van der Waals surface area contributed by atoms with E-state index in [0.717, 1.165) is 29.8 Å². The van der Waals surface area contributed by atoms with Crippen molar-refractivity contribution in [3.8, 4) is 0 Å². The van der Waals surface area contributed by atoms with Gasteiger partial charge < -0.3 is 10.2 Å². The summed E-state index contributed by atoms with van der Waals surface area (Å²) in [6, 6.07) is 5.91. The Morgan fingerprint density at radius 3 is 2.42 bits per heavy atom. The number of hydrogen-bond donors (Lipinski definition) is 1. The van der Waals surface area contributed by atoms with Gasteiger partial charge in [0.2, 0.25) is 0 Å². The average Bonchev–Trinajstić information content (AvgIpc) is 2.37. The largest absolute Gasteiger partial charge is 0.385 e. The van der Waals surface area contributed by atoms with Gasteiger partial charge in [-0.15, -0.1) is 0 Å². The van der Waals surface area contributed by atoms with E-state index < -0.39 is 0 Å². The first-order valence-electron chi connectivity index (χ1n) is 6.96. The molecule has 0 fully saturated rings. The molecule has 0 spiro atoms. The molecule has 106 valence electrons. The molecule has 1 amide bonds. The van der Waals surface area contributed by atoms with Crippen molar-refractivity contribution in [1.82, 2.24) is 4.90 Å². The Morgan fingerprint density at radius 1 is 1.32 bits per heavy atom. The molecule has 0 radical (unpaired) electrons. The van der Waals surface area contributed by atoms with Gasteiger partial charge in [-0.25, -0.2) is 0 Å². The second-order valence-electron chi connectivity index (χ2n) is 5.59. The SMILES string of the molecule is CCNc1ccc(C(=O)N(C)C(C)(C)CC)c(C)c1. The number of nitrogens with zero attached hydrogens (tertiary/aromatic N) is 1. The van der Waals surface area contributed by atoms with Crippen LogP contribution in [0.5, 0.6) is 0 Å². The van der Waals surface area contributed by atoms with E-state index in [-0.39, 0.29) is 11.4 Å². The Balaban J connectivity index is 3.00. The highest BCUT2D eigenvalue weighted by Gasteiger charge is 2.27. The standard InChI is InChI=1S/C16H26N2O/c1-7-16(4,5)18(6)15(19)14-10-9-13(17-8-2)11-12(14)3/h9-11,17H,7-8H2,1-6H3. The topological polar surface area (TPSA) is 32.3 Å². The first-order chi connectivity index (χ1) is 8.83. The molecular formula is C16H26N2O. The van der Waals surface area contributed by atoms with Crippen LogP contribution in [0.3, 0.4) is 0 Å². The summed E-state index contributed by atoms with van der Waals surface area (Å²) in [6.45, 7) is 11.2. The number of carbonyl (C=O) groups excluding carboxylic acids is 1. The number of benzene rings is 1. The Bertz CT molecular complexity index is 452. The summed E-state index contributed by atoms with van der Waals surface area (Å²) in [5.41, 5.74) is 2.74. The lowest BCUT2D eigenvalue weighted by molar-refractivity contribution is 0.0619. The summed E-state index contributed by atoms with van der Waals surface area (Å²) in [6.07, 6.45) is 0.934. The third-order valence-corrected chi connectivity index (χ3v) is 3.92. The van der Waals surface area contributed by atoms with Crippen LogP contribution in [-0.4, -0.2) is 29.9 Å². The fourth-order valence-corrected chi connectivity index (χ4v) is 1.91. The van der Waals surface area contributed by atoms with Gasteiger partial charge in [0.1, 0.15) is 0 Å². The second kappa shape index (κ2) is 6.09. The molecule has 0 aromatic heterocycles. The van der Waals surface area contributed by atoms with Crippen LogP contribution >= 0.6 is 0 Å². The molecule has 0 saturated heterocycles. The van der Waals surface area contributed by atoms with Crippen molar-refractivity contribution in [2.24, 2.45) is 0 Å². The number of aryl methyl sites for hydroxylation is 1. The fourth-order valence-electron chi connectivity index (χ4n) is 1.91. The van der Waals surface area contributed by atoms with Crippen LogP contribution in [0.15, 0.2) is 18.2 Å². The van der Waals surface area contributed by atoms with Gasteiger partial charge in [0, 0.05) is 30.4 Å². The van der Waals surface area contributed by atoms with E-state index >= 15 is 0 Å². The summed E-state index contributed by atoms with van der Waals surface area (Å²) in [4.78, 5) is 14.4. The Morgan fingerprint density at radius 2 is 1.95 bits per heavy atom. The zero-order valence-corrected chi connectivity index (χ0v) is 13.0. The molecule has 0 aliphatic carbocycles. The fraction of sp³-hybridized carbons (Fsp3) is 0.562. The van der Waals surface area contributed by atoms with Crippen molar-refractivity contribution in [2.75, 3.05) is 18.9 Å². The van der Waals surface area contributed by atoms with Crippen molar-refractivity contribution in [3.63, 3.8) is 0 Å². The van der Waals surface area contributed by atoms with Crippen molar-refractivity contribution in [1.29, 1.82) is 0 Å². The van der Waals surface area contributed by atoms with Crippen LogP contribution < -0.4 is 5.32 Å². The molecule has 0 bridgehead atoms. The highest BCUT2D eigenvalue weighted by atomic mass is 16.2. The van der Waals surface area contributed by atoms with Crippen LogP contribution in [0, 0.1) is 6.92 Å². The highest BCUT2D eigenvalue weighted by Crippen LogP contribution is 2.22. The average molecular weight is 262 g/mol. The van der Waals surface area contributed by atoms with Crippen molar-refractivity contribution >= 4 is 11.6 Å².